The molecule has 0 aliphatic heterocycles. The Morgan fingerprint density at radius 3 is 2.95 bits per heavy atom. The Bertz CT molecular complexity index is 909. The van der Waals surface area contributed by atoms with Crippen molar-refractivity contribution in [2.75, 3.05) is 5.75 Å². The van der Waals surface area contributed by atoms with Crippen molar-refractivity contribution in [3.8, 4) is 6.07 Å². The first-order valence-corrected chi connectivity index (χ1v) is 7.26. The van der Waals surface area contributed by atoms with Gasteiger partial charge in [-0.05, 0) is 30.7 Å². The number of imidazole rings is 1. The largest absolute Gasteiger partial charge is 0.481 e. The molecule has 104 valence electrons. The number of thioether (sulfide) groups is 1. The number of para-hydroxylation sites is 2. The van der Waals surface area contributed by atoms with Gasteiger partial charge in [-0.2, -0.15) is 5.26 Å². The monoisotopic (exact) mass is 297 g/mol. The minimum Gasteiger partial charge on any atom is -0.481 e. The van der Waals surface area contributed by atoms with Gasteiger partial charge in [0.25, 0.3) is 0 Å². The van der Waals surface area contributed by atoms with Gasteiger partial charge in [-0.3, -0.25) is 9.20 Å². The van der Waals surface area contributed by atoms with Crippen molar-refractivity contribution in [3.05, 3.63) is 41.5 Å². The minimum absolute atomic E-state index is 0.0348. The fraction of sp³-hybridized carbons (Fsp3) is 0.133. The molecule has 0 bridgehead atoms. The summed E-state index contributed by atoms with van der Waals surface area (Å²) in [4.78, 5) is 15.3. The summed E-state index contributed by atoms with van der Waals surface area (Å²) >= 11 is 1.22. The van der Waals surface area contributed by atoms with Crippen LogP contribution in [0.1, 0.15) is 11.1 Å². The second-order valence-electron chi connectivity index (χ2n) is 4.59. The summed E-state index contributed by atoms with van der Waals surface area (Å²) in [6, 6.07) is 11.6. The summed E-state index contributed by atoms with van der Waals surface area (Å²) in [7, 11) is 0. The smallest absolute Gasteiger partial charge is 0.313 e. The summed E-state index contributed by atoms with van der Waals surface area (Å²) in [6.07, 6.45) is 0. The molecule has 0 saturated heterocycles. The van der Waals surface area contributed by atoms with Crippen LogP contribution in [0.3, 0.4) is 0 Å². The van der Waals surface area contributed by atoms with Gasteiger partial charge >= 0.3 is 5.97 Å². The highest BCUT2D eigenvalue weighted by molar-refractivity contribution is 7.99. The molecule has 2 aromatic heterocycles. The van der Waals surface area contributed by atoms with E-state index in [-0.39, 0.29) is 5.75 Å². The molecule has 0 fully saturated rings. The van der Waals surface area contributed by atoms with Gasteiger partial charge in [0.1, 0.15) is 6.07 Å². The molecule has 0 unspecified atom stereocenters. The zero-order chi connectivity index (χ0) is 15.0. The minimum atomic E-state index is -0.875. The number of nitrogens with zero attached hydrogens (tertiary/aromatic N) is 3. The lowest BCUT2D eigenvalue weighted by Crippen LogP contribution is -2.01. The summed E-state index contributed by atoms with van der Waals surface area (Å²) < 4.78 is 1.86. The number of rotatable bonds is 3. The number of nitriles is 1. The first-order chi connectivity index (χ1) is 10.1. The van der Waals surface area contributed by atoms with Crippen molar-refractivity contribution in [3.63, 3.8) is 0 Å². The van der Waals surface area contributed by atoms with E-state index in [1.54, 1.807) is 0 Å². The molecule has 0 aliphatic carbocycles. The van der Waals surface area contributed by atoms with Crippen molar-refractivity contribution in [1.29, 1.82) is 5.26 Å². The number of carboxylic acids is 1. The molecule has 5 nitrogen and oxygen atoms in total. The van der Waals surface area contributed by atoms with Crippen LogP contribution in [-0.2, 0) is 4.79 Å². The average Bonchev–Trinajstić information content (AvgIpc) is 2.84. The van der Waals surface area contributed by atoms with E-state index in [4.69, 9.17) is 5.11 Å². The van der Waals surface area contributed by atoms with E-state index in [9.17, 15) is 10.1 Å². The zero-order valence-electron chi connectivity index (χ0n) is 11.2. The van der Waals surface area contributed by atoms with Gasteiger partial charge in [-0.1, -0.05) is 23.9 Å². The van der Waals surface area contributed by atoms with E-state index in [0.717, 1.165) is 21.6 Å². The van der Waals surface area contributed by atoms with E-state index in [1.807, 2.05) is 41.7 Å². The number of pyridine rings is 1. The van der Waals surface area contributed by atoms with Gasteiger partial charge in [0.05, 0.1) is 27.4 Å². The Labute approximate surface area is 124 Å². The average molecular weight is 297 g/mol. The third-order valence-electron chi connectivity index (χ3n) is 3.19. The highest BCUT2D eigenvalue weighted by Crippen LogP contribution is 2.29. The third kappa shape index (κ3) is 2.22. The van der Waals surface area contributed by atoms with Crippen molar-refractivity contribution < 1.29 is 9.90 Å². The molecular formula is C15H11N3O2S. The lowest BCUT2D eigenvalue weighted by Gasteiger charge is -2.08. The van der Waals surface area contributed by atoms with Gasteiger partial charge in [0.15, 0.2) is 5.65 Å². The number of carboxylic acid groups (broad SMARTS) is 1. The molecule has 0 aliphatic rings. The number of carbonyl (C=O) groups is 1. The molecule has 0 saturated carbocycles. The zero-order valence-corrected chi connectivity index (χ0v) is 12.0. The van der Waals surface area contributed by atoms with Crippen LogP contribution in [0.5, 0.6) is 0 Å². The number of hydrogen-bond acceptors (Lipinski definition) is 4. The van der Waals surface area contributed by atoms with Crippen molar-refractivity contribution in [1.82, 2.24) is 9.38 Å². The molecule has 21 heavy (non-hydrogen) atoms. The van der Waals surface area contributed by atoms with Gasteiger partial charge in [0, 0.05) is 0 Å². The van der Waals surface area contributed by atoms with Gasteiger partial charge in [0.2, 0.25) is 0 Å². The van der Waals surface area contributed by atoms with Crippen molar-refractivity contribution in [2.24, 2.45) is 0 Å². The quantitative estimate of drug-likeness (QED) is 0.752. The van der Waals surface area contributed by atoms with Crippen LogP contribution in [0.15, 0.2) is 35.4 Å². The van der Waals surface area contributed by atoms with Crippen LogP contribution < -0.4 is 0 Å². The number of fused-ring (bicyclic) bond motifs is 3. The number of aryl methyl sites for hydroxylation is 1. The molecule has 1 aromatic carbocycles. The molecule has 6 heteroatoms. The number of aliphatic carboxylic acids is 1. The summed E-state index contributed by atoms with van der Waals surface area (Å²) in [5.74, 6) is -0.910. The molecule has 2 heterocycles. The first kappa shape index (κ1) is 13.5. The van der Waals surface area contributed by atoms with E-state index < -0.39 is 5.97 Å². The predicted molar refractivity (Wildman–Crippen MR) is 80.5 cm³/mol. The predicted octanol–water partition coefficient (Wildman–Crippen LogP) is 2.84. The summed E-state index contributed by atoms with van der Waals surface area (Å²) in [5, 5.41) is 19.0. The molecule has 1 N–H and O–H groups in total. The number of aromatic nitrogens is 2. The second kappa shape index (κ2) is 5.11. The van der Waals surface area contributed by atoms with Crippen molar-refractivity contribution >= 4 is 34.4 Å². The van der Waals surface area contributed by atoms with E-state index in [1.165, 1.54) is 11.8 Å². The molecule has 0 spiro atoms. The summed E-state index contributed by atoms with van der Waals surface area (Å²) in [6.45, 7) is 1.84. The number of benzene rings is 1. The molecule has 3 aromatic rings. The first-order valence-electron chi connectivity index (χ1n) is 6.27. The summed E-state index contributed by atoms with van der Waals surface area (Å²) in [5.41, 5.74) is 3.55. The Morgan fingerprint density at radius 1 is 1.48 bits per heavy atom. The van der Waals surface area contributed by atoms with E-state index in [0.29, 0.717) is 11.2 Å². The van der Waals surface area contributed by atoms with Gasteiger partial charge < -0.3 is 5.11 Å². The highest BCUT2D eigenvalue weighted by Gasteiger charge is 2.15. The van der Waals surface area contributed by atoms with Crippen molar-refractivity contribution in [2.45, 2.75) is 11.9 Å². The van der Waals surface area contributed by atoms with Crippen LogP contribution >= 0.6 is 11.8 Å². The van der Waals surface area contributed by atoms with Crippen LogP contribution in [0, 0.1) is 18.3 Å². The fourth-order valence-corrected chi connectivity index (χ4v) is 3.14. The van der Waals surface area contributed by atoms with E-state index >= 15 is 0 Å². The lowest BCUT2D eigenvalue weighted by atomic mass is 10.2. The Morgan fingerprint density at radius 2 is 2.24 bits per heavy atom. The molecule has 3 rings (SSSR count). The fourth-order valence-electron chi connectivity index (χ4n) is 2.30. The lowest BCUT2D eigenvalue weighted by molar-refractivity contribution is -0.133. The van der Waals surface area contributed by atoms with Crippen LogP contribution in [0.4, 0.5) is 0 Å². The van der Waals surface area contributed by atoms with Crippen LogP contribution in [0.25, 0.3) is 16.7 Å². The van der Waals surface area contributed by atoms with Gasteiger partial charge in [-0.15, -0.1) is 0 Å². The standard InChI is InChI=1S/C15H11N3O2S/c1-9-6-13(21-8-14(19)20)18-12-5-3-2-4-11(12)17-15(18)10(9)7-16/h2-6H,8H2,1H3,(H,19,20). The maximum absolute atomic E-state index is 10.8. The molecule has 0 radical (unpaired) electrons. The normalized spacial score (nSPS) is 10.9. The Hall–Kier alpha value is -2.52. The van der Waals surface area contributed by atoms with Crippen LogP contribution in [-0.4, -0.2) is 26.2 Å². The molecular weight excluding hydrogens is 286 g/mol. The maximum Gasteiger partial charge on any atom is 0.313 e. The number of hydrogen-bond donors (Lipinski definition) is 1. The van der Waals surface area contributed by atoms with Gasteiger partial charge in [-0.25, -0.2) is 4.98 Å². The third-order valence-corrected chi connectivity index (χ3v) is 4.18. The second-order valence-corrected chi connectivity index (χ2v) is 5.59. The SMILES string of the molecule is Cc1cc(SCC(=O)O)n2c(nc3ccccc32)c1C#N. The van der Waals surface area contributed by atoms with E-state index in [2.05, 4.69) is 11.1 Å². The Kier molecular flexibility index (Phi) is 3.28. The van der Waals surface area contributed by atoms with Crippen LogP contribution in [0.2, 0.25) is 0 Å². The molecule has 0 amide bonds. The maximum atomic E-state index is 10.8. The topological polar surface area (TPSA) is 78.4 Å². The Balaban J connectivity index is 2.36. The highest BCUT2D eigenvalue weighted by atomic mass is 32.2. The molecule has 0 atom stereocenters.